The van der Waals surface area contributed by atoms with Gasteiger partial charge in [-0.15, -0.1) is 0 Å². The number of halogens is 1. The molecule has 0 saturated carbocycles. The molecule has 0 N–H and O–H groups in total. The van der Waals surface area contributed by atoms with E-state index in [2.05, 4.69) is 66.6 Å². The molecular formula is C40H37FN4O2. The van der Waals surface area contributed by atoms with Crippen LogP contribution >= 0.6 is 0 Å². The molecule has 0 spiro atoms. The molecule has 0 radical (unpaired) electrons. The van der Waals surface area contributed by atoms with Gasteiger partial charge in [-0.25, -0.2) is 14.1 Å². The molecule has 0 aliphatic heterocycles. The first-order chi connectivity index (χ1) is 22.8. The van der Waals surface area contributed by atoms with Gasteiger partial charge in [0.05, 0.1) is 30.0 Å². The monoisotopic (exact) mass is 624 g/mol. The second kappa shape index (κ2) is 12.4. The fourth-order valence-corrected chi connectivity index (χ4v) is 6.71. The van der Waals surface area contributed by atoms with Gasteiger partial charge in [0.2, 0.25) is 0 Å². The maximum atomic E-state index is 15.1. The zero-order chi connectivity index (χ0) is 32.7. The third kappa shape index (κ3) is 5.74. The molecule has 3 aromatic heterocycles. The van der Waals surface area contributed by atoms with Crippen molar-refractivity contribution in [2.75, 3.05) is 7.11 Å². The molecule has 3 heterocycles. The predicted molar refractivity (Wildman–Crippen MR) is 187 cm³/mol. The summed E-state index contributed by atoms with van der Waals surface area (Å²) in [6.45, 7) is 8.81. The second-order valence-corrected chi connectivity index (χ2v) is 12.2. The lowest BCUT2D eigenvalue weighted by Crippen LogP contribution is -1.98. The summed E-state index contributed by atoms with van der Waals surface area (Å²) in [6, 6.07) is 27.1. The zero-order valence-electron chi connectivity index (χ0n) is 27.3. The summed E-state index contributed by atoms with van der Waals surface area (Å²) in [5.74, 6) is 2.50. The van der Waals surface area contributed by atoms with Crippen molar-refractivity contribution < 1.29 is 13.9 Å². The van der Waals surface area contributed by atoms with E-state index in [1.54, 1.807) is 24.1 Å². The van der Waals surface area contributed by atoms with Crippen LogP contribution in [0.2, 0.25) is 0 Å². The first kappa shape index (κ1) is 30.2. The van der Waals surface area contributed by atoms with Crippen LogP contribution in [0.1, 0.15) is 49.3 Å². The second-order valence-electron chi connectivity index (χ2n) is 12.2. The van der Waals surface area contributed by atoms with Gasteiger partial charge in [0.1, 0.15) is 28.9 Å². The van der Waals surface area contributed by atoms with E-state index in [0.29, 0.717) is 28.9 Å². The number of para-hydroxylation sites is 1. The van der Waals surface area contributed by atoms with Gasteiger partial charge in [-0.1, -0.05) is 50.6 Å². The molecule has 0 bridgehead atoms. The number of pyridine rings is 1. The van der Waals surface area contributed by atoms with Gasteiger partial charge in [0.25, 0.3) is 0 Å². The number of fused-ring (bicyclic) bond motifs is 3. The summed E-state index contributed by atoms with van der Waals surface area (Å²) in [7, 11) is 1.64. The molecule has 0 unspecified atom stereocenters. The number of nitrogens with zero attached hydrogens (tertiary/aromatic N) is 4. The number of benzene rings is 4. The molecule has 47 heavy (non-hydrogen) atoms. The number of methoxy groups -OCH3 is 1. The number of ether oxygens (including phenoxy) is 2. The van der Waals surface area contributed by atoms with Crippen molar-refractivity contribution >= 4 is 21.8 Å². The normalized spacial score (nSPS) is 12.1. The van der Waals surface area contributed by atoms with Gasteiger partial charge >= 0.3 is 0 Å². The van der Waals surface area contributed by atoms with E-state index in [0.717, 1.165) is 51.6 Å². The highest BCUT2D eigenvalue weighted by molar-refractivity contribution is 6.09. The lowest BCUT2D eigenvalue weighted by atomic mass is 9.89. The summed E-state index contributed by atoms with van der Waals surface area (Å²) in [5.41, 5.74) is 8.44. The number of hydrogen-bond donors (Lipinski definition) is 0. The Morgan fingerprint density at radius 1 is 0.830 bits per heavy atom. The Hall–Kier alpha value is -5.43. The van der Waals surface area contributed by atoms with Crippen molar-refractivity contribution in [2.24, 2.45) is 0 Å². The highest BCUT2D eigenvalue weighted by Gasteiger charge is 2.17. The van der Waals surface area contributed by atoms with Crippen molar-refractivity contribution in [1.29, 1.82) is 0 Å². The van der Waals surface area contributed by atoms with Crippen molar-refractivity contribution in [3.05, 3.63) is 126 Å². The van der Waals surface area contributed by atoms with E-state index in [-0.39, 0.29) is 0 Å². The SMILES string of the molecule is CCC[C@@H](C)c1cc(C)c(-c2cnn(-c3cc(F)cc(Oc4ccc5c6ccccc6n(-c6cc(OC)ccn6)c5c4)c3)c2)c(C)c1. The standard InChI is InChI=1S/C40H37FN4O2/c1-6-9-25(2)28-16-26(3)40(27(4)17-28)29-23-43-44(24-29)31-18-30(41)19-34(20-31)47-33-12-13-36-35-10-7-8-11-37(35)45(38(36)21-33)39-22-32(46-5)14-15-42-39/h7-8,10-25H,6,9H2,1-5H3/t25-/m1/s1. The molecular weight excluding hydrogens is 587 g/mol. The molecule has 7 aromatic rings. The lowest BCUT2D eigenvalue weighted by Gasteiger charge is -2.16. The minimum atomic E-state index is -0.410. The summed E-state index contributed by atoms with van der Waals surface area (Å²) >= 11 is 0. The predicted octanol–water partition coefficient (Wildman–Crippen LogP) is 10.5. The number of hydrogen-bond acceptors (Lipinski definition) is 4. The lowest BCUT2D eigenvalue weighted by molar-refractivity contribution is 0.414. The van der Waals surface area contributed by atoms with E-state index in [4.69, 9.17) is 9.47 Å². The summed E-state index contributed by atoms with van der Waals surface area (Å²) < 4.78 is 30.6. The molecule has 0 fully saturated rings. The molecule has 4 aromatic carbocycles. The van der Waals surface area contributed by atoms with E-state index in [9.17, 15) is 0 Å². The molecule has 236 valence electrons. The minimum Gasteiger partial charge on any atom is -0.497 e. The smallest absolute Gasteiger partial charge is 0.141 e. The van der Waals surface area contributed by atoms with Crippen LogP contribution in [-0.4, -0.2) is 26.4 Å². The molecule has 6 nitrogen and oxygen atoms in total. The van der Waals surface area contributed by atoms with Gasteiger partial charge in [0.15, 0.2) is 0 Å². The van der Waals surface area contributed by atoms with Gasteiger partial charge in [-0.2, -0.15) is 5.10 Å². The van der Waals surface area contributed by atoms with E-state index in [1.165, 1.54) is 28.8 Å². The third-order valence-electron chi connectivity index (χ3n) is 8.90. The van der Waals surface area contributed by atoms with E-state index >= 15 is 4.39 Å². The topological polar surface area (TPSA) is 54.1 Å². The third-order valence-corrected chi connectivity index (χ3v) is 8.90. The van der Waals surface area contributed by atoms with Crippen molar-refractivity contribution in [3.63, 3.8) is 0 Å². The Morgan fingerprint density at radius 3 is 2.40 bits per heavy atom. The van der Waals surface area contributed by atoms with Gasteiger partial charge in [-0.05, 0) is 78.8 Å². The minimum absolute atomic E-state index is 0.375. The maximum Gasteiger partial charge on any atom is 0.141 e. The molecule has 0 saturated heterocycles. The van der Waals surface area contributed by atoms with Gasteiger partial charge < -0.3 is 9.47 Å². The molecule has 7 heteroatoms. The molecule has 0 aliphatic rings. The summed E-state index contributed by atoms with van der Waals surface area (Å²) in [4.78, 5) is 4.64. The average molecular weight is 625 g/mol. The largest absolute Gasteiger partial charge is 0.497 e. The molecule has 0 amide bonds. The van der Waals surface area contributed by atoms with Gasteiger partial charge in [-0.3, -0.25) is 4.57 Å². The van der Waals surface area contributed by atoms with E-state index in [1.807, 2.05) is 54.9 Å². The quantitative estimate of drug-likeness (QED) is 0.160. The fraction of sp³-hybridized carbons (Fsp3) is 0.200. The van der Waals surface area contributed by atoms with Crippen LogP contribution < -0.4 is 9.47 Å². The van der Waals surface area contributed by atoms with Crippen LogP contribution in [0.25, 0.3) is 44.4 Å². The summed E-state index contributed by atoms with van der Waals surface area (Å²) in [5, 5.41) is 6.77. The fourth-order valence-electron chi connectivity index (χ4n) is 6.71. The first-order valence-corrected chi connectivity index (χ1v) is 16.0. The van der Waals surface area contributed by atoms with E-state index < -0.39 is 5.82 Å². The van der Waals surface area contributed by atoms with Crippen molar-refractivity contribution in [3.8, 4) is 39.9 Å². The van der Waals surface area contributed by atoms with Crippen LogP contribution in [0, 0.1) is 19.7 Å². The Labute approximate surface area is 274 Å². The number of aryl methyl sites for hydroxylation is 2. The van der Waals surface area contributed by atoms with Crippen LogP contribution in [0.15, 0.2) is 104 Å². The molecule has 7 rings (SSSR count). The van der Waals surface area contributed by atoms with Crippen LogP contribution in [0.5, 0.6) is 17.2 Å². The van der Waals surface area contributed by atoms with Crippen LogP contribution in [0.4, 0.5) is 4.39 Å². The highest BCUT2D eigenvalue weighted by Crippen LogP contribution is 2.36. The van der Waals surface area contributed by atoms with Crippen molar-refractivity contribution in [2.45, 2.75) is 46.5 Å². The zero-order valence-corrected chi connectivity index (χ0v) is 27.3. The van der Waals surface area contributed by atoms with Gasteiger partial charge in [0, 0.05) is 53.0 Å². The average Bonchev–Trinajstić information content (AvgIpc) is 3.67. The number of aromatic nitrogens is 4. The molecule has 0 aliphatic carbocycles. The van der Waals surface area contributed by atoms with Crippen LogP contribution in [-0.2, 0) is 0 Å². The Kier molecular flexibility index (Phi) is 7.98. The Morgan fingerprint density at radius 2 is 1.62 bits per heavy atom. The maximum absolute atomic E-state index is 15.1. The molecule has 1 atom stereocenters. The Bertz CT molecular complexity index is 2230. The number of rotatable bonds is 9. The van der Waals surface area contributed by atoms with Crippen molar-refractivity contribution in [1.82, 2.24) is 19.3 Å². The first-order valence-electron chi connectivity index (χ1n) is 16.0. The highest BCUT2D eigenvalue weighted by atomic mass is 19.1. The summed E-state index contributed by atoms with van der Waals surface area (Å²) in [6.07, 6.45) is 7.85. The Balaban J connectivity index is 1.23. The van der Waals surface area contributed by atoms with Crippen LogP contribution in [0.3, 0.4) is 0 Å².